The maximum absolute atomic E-state index is 11.4. The van der Waals surface area contributed by atoms with Gasteiger partial charge in [0.05, 0.1) is 19.2 Å². The summed E-state index contributed by atoms with van der Waals surface area (Å²) >= 11 is 0. The number of hydrogen-bond acceptors (Lipinski definition) is 5. The quantitative estimate of drug-likeness (QED) is 0.387. The zero-order chi connectivity index (χ0) is 23.7. The van der Waals surface area contributed by atoms with Gasteiger partial charge in [0.2, 0.25) is 0 Å². The van der Waals surface area contributed by atoms with Gasteiger partial charge in [0.1, 0.15) is 11.6 Å². The number of fused-ring (bicyclic) bond motifs is 1. The number of aryl methyl sites for hydroxylation is 1. The zero-order valence-electron chi connectivity index (χ0n) is 19.4. The molecule has 2 aromatic heterocycles. The highest BCUT2D eigenvalue weighted by Gasteiger charge is 2.30. The van der Waals surface area contributed by atoms with Crippen molar-refractivity contribution in [3.05, 3.63) is 83.1 Å². The van der Waals surface area contributed by atoms with Gasteiger partial charge in [0.15, 0.2) is 0 Å². The first-order chi connectivity index (χ1) is 16.5. The summed E-state index contributed by atoms with van der Waals surface area (Å²) in [6.45, 7) is 6.17. The molecule has 1 aliphatic rings. The van der Waals surface area contributed by atoms with E-state index in [0.717, 1.165) is 66.5 Å². The fourth-order valence-corrected chi connectivity index (χ4v) is 4.95. The molecule has 0 spiro atoms. The summed E-state index contributed by atoms with van der Waals surface area (Å²) in [6, 6.07) is 11.6. The Bertz CT molecular complexity index is 1280. The molecular weight excluding hydrogens is 430 g/mol. The molecule has 0 bridgehead atoms. The molecule has 8 heteroatoms. The molecule has 1 saturated heterocycles. The standard InChI is InChI=1S/C26H29N5O3/c1-17-13-23(34-2)21(20-7-8-29-25(17)20)14-31-12-11-30(16-24-27-9-10-28-24)15-22(31)18-3-5-19(6-4-18)26(32)33/h3-10,13,22,29H,11-12,14-16H2,1-2H3,(H,27,28)(H,32,33)/t22-/m1/s1. The van der Waals surface area contributed by atoms with Crippen LogP contribution in [0.15, 0.2) is 55.0 Å². The van der Waals surface area contributed by atoms with E-state index in [-0.39, 0.29) is 6.04 Å². The molecule has 1 fully saturated rings. The van der Waals surface area contributed by atoms with Gasteiger partial charge >= 0.3 is 5.97 Å². The number of aromatic carboxylic acids is 1. The van der Waals surface area contributed by atoms with Gasteiger partial charge in [-0.1, -0.05) is 12.1 Å². The van der Waals surface area contributed by atoms with Gasteiger partial charge < -0.3 is 19.8 Å². The van der Waals surface area contributed by atoms with E-state index in [1.54, 1.807) is 25.4 Å². The van der Waals surface area contributed by atoms with Crippen LogP contribution in [-0.2, 0) is 13.1 Å². The van der Waals surface area contributed by atoms with E-state index in [9.17, 15) is 9.90 Å². The lowest BCUT2D eigenvalue weighted by Crippen LogP contribution is -2.47. The number of carboxylic acid groups (broad SMARTS) is 1. The van der Waals surface area contributed by atoms with Crippen molar-refractivity contribution >= 4 is 16.9 Å². The Kier molecular flexibility index (Phi) is 6.08. The van der Waals surface area contributed by atoms with E-state index in [2.05, 4.69) is 43.8 Å². The van der Waals surface area contributed by atoms with E-state index in [0.29, 0.717) is 5.56 Å². The van der Waals surface area contributed by atoms with Crippen molar-refractivity contribution in [3.63, 3.8) is 0 Å². The van der Waals surface area contributed by atoms with Crippen molar-refractivity contribution in [2.45, 2.75) is 26.1 Å². The molecule has 0 unspecified atom stereocenters. The number of ether oxygens (including phenoxy) is 1. The molecule has 8 nitrogen and oxygen atoms in total. The number of piperazine rings is 1. The zero-order valence-corrected chi connectivity index (χ0v) is 19.4. The van der Waals surface area contributed by atoms with Crippen molar-refractivity contribution in [1.29, 1.82) is 0 Å². The minimum atomic E-state index is -0.911. The molecule has 176 valence electrons. The first kappa shape index (κ1) is 22.2. The molecule has 3 N–H and O–H groups in total. The third-order valence-corrected chi connectivity index (χ3v) is 6.74. The number of carboxylic acids is 1. The maximum atomic E-state index is 11.4. The second-order valence-corrected chi connectivity index (χ2v) is 8.83. The Hall–Kier alpha value is -3.62. The fraction of sp³-hybridized carbons (Fsp3) is 0.308. The second-order valence-electron chi connectivity index (χ2n) is 8.83. The highest BCUT2D eigenvalue weighted by Crippen LogP contribution is 2.35. The van der Waals surface area contributed by atoms with Crippen molar-refractivity contribution < 1.29 is 14.6 Å². The number of H-pyrrole nitrogens is 2. The van der Waals surface area contributed by atoms with Crippen LogP contribution in [-0.4, -0.2) is 62.6 Å². The summed E-state index contributed by atoms with van der Waals surface area (Å²) in [5, 5.41) is 10.5. The molecule has 0 saturated carbocycles. The minimum Gasteiger partial charge on any atom is -0.496 e. The van der Waals surface area contributed by atoms with Crippen molar-refractivity contribution in [1.82, 2.24) is 24.8 Å². The lowest BCUT2D eigenvalue weighted by atomic mass is 9.98. The van der Waals surface area contributed by atoms with Gasteiger partial charge in [-0.2, -0.15) is 0 Å². The van der Waals surface area contributed by atoms with E-state index < -0.39 is 5.97 Å². The highest BCUT2D eigenvalue weighted by molar-refractivity contribution is 5.88. The number of carbonyl (C=O) groups is 1. The lowest BCUT2D eigenvalue weighted by Gasteiger charge is -2.42. The van der Waals surface area contributed by atoms with Crippen LogP contribution in [0, 0.1) is 6.92 Å². The number of aromatic nitrogens is 3. The summed E-state index contributed by atoms with van der Waals surface area (Å²) in [7, 11) is 1.72. The SMILES string of the molecule is COc1cc(C)c2[nH]ccc2c1CN1CCN(Cc2ncc[nH]2)C[C@@H]1c1ccc(C(=O)O)cc1. The first-order valence-electron chi connectivity index (χ1n) is 11.4. The topological polar surface area (TPSA) is 97.5 Å². The number of benzene rings is 2. The second kappa shape index (κ2) is 9.32. The van der Waals surface area contributed by atoms with Crippen LogP contribution in [0.25, 0.3) is 10.9 Å². The molecule has 0 amide bonds. The van der Waals surface area contributed by atoms with Crippen molar-refractivity contribution in [2.24, 2.45) is 0 Å². The Morgan fingerprint density at radius 1 is 1.15 bits per heavy atom. The van der Waals surface area contributed by atoms with Gasteiger partial charge in [-0.3, -0.25) is 9.80 Å². The molecule has 0 aliphatic carbocycles. The lowest BCUT2D eigenvalue weighted by molar-refractivity contribution is 0.0619. The summed E-state index contributed by atoms with van der Waals surface area (Å²) in [6.07, 6.45) is 5.60. The Morgan fingerprint density at radius 2 is 1.97 bits per heavy atom. The molecule has 1 atom stereocenters. The minimum absolute atomic E-state index is 0.103. The number of methoxy groups -OCH3 is 1. The van der Waals surface area contributed by atoms with Gasteiger partial charge in [0.25, 0.3) is 0 Å². The molecule has 0 radical (unpaired) electrons. The summed E-state index contributed by atoms with van der Waals surface area (Å²) in [4.78, 5) is 27.2. The van der Waals surface area contributed by atoms with Crippen LogP contribution in [0.2, 0.25) is 0 Å². The molecule has 34 heavy (non-hydrogen) atoms. The summed E-state index contributed by atoms with van der Waals surface area (Å²) in [5.41, 5.74) is 4.86. The van der Waals surface area contributed by atoms with E-state index in [4.69, 9.17) is 4.74 Å². The Morgan fingerprint density at radius 3 is 2.68 bits per heavy atom. The monoisotopic (exact) mass is 459 g/mol. The normalized spacial score (nSPS) is 17.3. The van der Waals surface area contributed by atoms with Crippen LogP contribution in [0.3, 0.4) is 0 Å². The van der Waals surface area contributed by atoms with E-state index >= 15 is 0 Å². The van der Waals surface area contributed by atoms with Gasteiger partial charge in [-0.25, -0.2) is 9.78 Å². The van der Waals surface area contributed by atoms with Crippen molar-refractivity contribution in [2.75, 3.05) is 26.7 Å². The number of imidazole rings is 1. The largest absolute Gasteiger partial charge is 0.496 e. The molecular formula is C26H29N5O3. The van der Waals surface area contributed by atoms with Gasteiger partial charge in [0, 0.05) is 67.3 Å². The predicted molar refractivity (Wildman–Crippen MR) is 130 cm³/mol. The molecule has 5 rings (SSSR count). The van der Waals surface area contributed by atoms with Crippen LogP contribution >= 0.6 is 0 Å². The third kappa shape index (κ3) is 4.30. The van der Waals surface area contributed by atoms with Gasteiger partial charge in [-0.15, -0.1) is 0 Å². The Balaban J connectivity index is 1.47. The van der Waals surface area contributed by atoms with Crippen LogP contribution in [0.4, 0.5) is 0 Å². The predicted octanol–water partition coefficient (Wildman–Crippen LogP) is 3.97. The summed E-state index contributed by atoms with van der Waals surface area (Å²) < 4.78 is 5.79. The third-order valence-electron chi connectivity index (χ3n) is 6.74. The van der Waals surface area contributed by atoms with E-state index in [1.165, 1.54) is 5.39 Å². The number of hydrogen-bond donors (Lipinski definition) is 3. The molecule has 4 aromatic rings. The number of nitrogens with zero attached hydrogens (tertiary/aromatic N) is 3. The van der Waals surface area contributed by atoms with Crippen LogP contribution in [0.5, 0.6) is 5.75 Å². The average molecular weight is 460 g/mol. The molecule has 1 aliphatic heterocycles. The van der Waals surface area contributed by atoms with E-state index in [1.807, 2.05) is 24.5 Å². The number of nitrogens with one attached hydrogen (secondary N) is 2. The first-order valence-corrected chi connectivity index (χ1v) is 11.4. The molecule has 2 aromatic carbocycles. The van der Waals surface area contributed by atoms with Gasteiger partial charge in [-0.05, 0) is 42.3 Å². The smallest absolute Gasteiger partial charge is 0.335 e. The summed E-state index contributed by atoms with van der Waals surface area (Å²) in [5.74, 6) is 0.927. The molecule has 3 heterocycles. The van der Waals surface area contributed by atoms with Crippen LogP contribution in [0.1, 0.15) is 38.9 Å². The average Bonchev–Trinajstić information content (AvgIpc) is 3.54. The number of aromatic amines is 2. The fourth-order valence-electron chi connectivity index (χ4n) is 4.95. The Labute approximate surface area is 198 Å². The van der Waals surface area contributed by atoms with Crippen molar-refractivity contribution in [3.8, 4) is 5.75 Å². The number of rotatable bonds is 7. The highest BCUT2D eigenvalue weighted by atomic mass is 16.5. The van der Waals surface area contributed by atoms with Crippen LogP contribution < -0.4 is 4.74 Å². The maximum Gasteiger partial charge on any atom is 0.335 e.